The minimum Gasteiger partial charge on any atom is -0.317 e. The van der Waals surface area contributed by atoms with Crippen molar-refractivity contribution in [1.29, 1.82) is 0 Å². The predicted octanol–water partition coefficient (Wildman–Crippen LogP) is 2.39. The summed E-state index contributed by atoms with van der Waals surface area (Å²) in [7, 11) is 0. The Morgan fingerprint density at radius 3 is 3.00 bits per heavy atom. The number of aryl methyl sites for hydroxylation is 1. The Bertz CT molecular complexity index is 557. The Hall–Kier alpha value is -1.13. The zero-order chi connectivity index (χ0) is 12.5. The summed E-state index contributed by atoms with van der Waals surface area (Å²) in [4.78, 5) is 8.96. The highest BCUT2D eigenvalue weighted by Crippen LogP contribution is 2.21. The van der Waals surface area contributed by atoms with Crippen molar-refractivity contribution in [2.75, 3.05) is 13.1 Å². The molecule has 0 atom stereocenters. The van der Waals surface area contributed by atoms with Gasteiger partial charge in [0, 0.05) is 12.7 Å². The van der Waals surface area contributed by atoms with Crippen molar-refractivity contribution in [1.82, 2.24) is 19.9 Å². The summed E-state index contributed by atoms with van der Waals surface area (Å²) in [6.07, 6.45) is 4.16. The van der Waals surface area contributed by atoms with Gasteiger partial charge in [0.2, 0.25) is 0 Å². The second-order valence-electron chi connectivity index (χ2n) is 4.96. The molecule has 18 heavy (non-hydrogen) atoms. The van der Waals surface area contributed by atoms with Crippen LogP contribution in [0.1, 0.15) is 18.7 Å². The van der Waals surface area contributed by atoms with Gasteiger partial charge in [-0.25, -0.2) is 9.97 Å². The molecule has 3 rings (SSSR count). The normalized spacial score (nSPS) is 17.4. The molecule has 1 aliphatic heterocycles. The Balaban J connectivity index is 1.92. The van der Waals surface area contributed by atoms with Gasteiger partial charge in [-0.3, -0.25) is 0 Å². The third-order valence-corrected chi connectivity index (χ3v) is 3.85. The van der Waals surface area contributed by atoms with Crippen molar-refractivity contribution in [2.24, 2.45) is 5.92 Å². The van der Waals surface area contributed by atoms with Crippen molar-refractivity contribution in [3.8, 4) is 0 Å². The average Bonchev–Trinajstić information content (AvgIpc) is 2.66. The molecule has 5 heteroatoms. The van der Waals surface area contributed by atoms with Crippen molar-refractivity contribution >= 4 is 22.8 Å². The number of hydrogen-bond acceptors (Lipinski definition) is 3. The highest BCUT2D eigenvalue weighted by atomic mass is 35.5. The number of halogens is 1. The second-order valence-corrected chi connectivity index (χ2v) is 5.40. The molecule has 2 aromatic rings. The molecule has 0 spiro atoms. The van der Waals surface area contributed by atoms with Gasteiger partial charge in [-0.1, -0.05) is 11.6 Å². The molecule has 2 aromatic heterocycles. The van der Waals surface area contributed by atoms with Crippen LogP contribution in [-0.4, -0.2) is 27.6 Å². The van der Waals surface area contributed by atoms with E-state index in [1.165, 1.54) is 12.8 Å². The van der Waals surface area contributed by atoms with Crippen molar-refractivity contribution < 1.29 is 0 Å². The van der Waals surface area contributed by atoms with Gasteiger partial charge < -0.3 is 9.88 Å². The summed E-state index contributed by atoms with van der Waals surface area (Å²) in [6, 6.07) is 1.88. The van der Waals surface area contributed by atoms with Crippen LogP contribution in [-0.2, 0) is 6.54 Å². The quantitative estimate of drug-likeness (QED) is 0.906. The Morgan fingerprint density at radius 1 is 1.44 bits per heavy atom. The third-order valence-electron chi connectivity index (χ3n) is 3.64. The average molecular weight is 265 g/mol. The van der Waals surface area contributed by atoms with Gasteiger partial charge in [-0.2, -0.15) is 0 Å². The first-order valence-corrected chi connectivity index (χ1v) is 6.81. The fourth-order valence-corrected chi connectivity index (χ4v) is 2.79. The number of fused-ring (bicyclic) bond motifs is 1. The Kier molecular flexibility index (Phi) is 3.22. The summed E-state index contributed by atoms with van der Waals surface area (Å²) in [5, 5.41) is 4.04. The summed E-state index contributed by atoms with van der Waals surface area (Å²) >= 11 is 5.95. The number of nitrogens with zero attached hydrogens (tertiary/aromatic N) is 3. The van der Waals surface area contributed by atoms with E-state index >= 15 is 0 Å². The predicted molar refractivity (Wildman–Crippen MR) is 72.9 cm³/mol. The first kappa shape index (κ1) is 11.9. The van der Waals surface area contributed by atoms with Gasteiger partial charge in [-0.05, 0) is 44.8 Å². The maximum atomic E-state index is 5.95. The molecule has 1 fully saturated rings. The van der Waals surface area contributed by atoms with Gasteiger partial charge >= 0.3 is 0 Å². The van der Waals surface area contributed by atoms with Gasteiger partial charge in [0.05, 0.1) is 5.02 Å². The van der Waals surface area contributed by atoms with Crippen LogP contribution in [0.2, 0.25) is 5.02 Å². The van der Waals surface area contributed by atoms with E-state index in [2.05, 4.69) is 19.9 Å². The molecule has 1 N–H and O–H groups in total. The lowest BCUT2D eigenvalue weighted by molar-refractivity contribution is 0.333. The number of rotatable bonds is 2. The fraction of sp³-hybridized carbons (Fsp3) is 0.538. The molecule has 0 aliphatic carbocycles. The van der Waals surface area contributed by atoms with E-state index in [-0.39, 0.29) is 0 Å². The first-order chi connectivity index (χ1) is 8.74. The Labute approximate surface area is 111 Å². The summed E-state index contributed by atoms with van der Waals surface area (Å²) in [5.74, 6) is 1.75. The maximum Gasteiger partial charge on any atom is 0.160 e. The lowest BCUT2D eigenvalue weighted by Gasteiger charge is -2.23. The summed E-state index contributed by atoms with van der Waals surface area (Å²) < 4.78 is 2.22. The van der Waals surface area contributed by atoms with Gasteiger partial charge in [0.15, 0.2) is 5.65 Å². The topological polar surface area (TPSA) is 42.7 Å². The fourth-order valence-electron chi connectivity index (χ4n) is 2.64. The molecular weight excluding hydrogens is 248 g/mol. The molecule has 0 radical (unpaired) electrons. The van der Waals surface area contributed by atoms with Crippen LogP contribution in [0.3, 0.4) is 0 Å². The van der Waals surface area contributed by atoms with Gasteiger partial charge in [0.1, 0.15) is 11.3 Å². The van der Waals surface area contributed by atoms with E-state index in [9.17, 15) is 0 Å². The molecular formula is C13H17ClN4. The van der Waals surface area contributed by atoms with E-state index in [1.54, 1.807) is 6.20 Å². The minimum atomic E-state index is 0.647. The molecule has 3 heterocycles. The molecule has 1 saturated heterocycles. The standard InChI is InChI=1S/C13H17ClN4/c1-9-17-12-6-11(14)7-16-13(12)18(9)8-10-2-4-15-5-3-10/h6-7,10,15H,2-5,8H2,1H3. The third kappa shape index (κ3) is 2.22. The SMILES string of the molecule is Cc1nc2cc(Cl)cnc2n1CC1CCNCC1. The number of pyridine rings is 1. The van der Waals surface area contributed by atoms with Crippen LogP contribution >= 0.6 is 11.6 Å². The van der Waals surface area contributed by atoms with Gasteiger partial charge in [-0.15, -0.1) is 0 Å². The second kappa shape index (κ2) is 4.86. The summed E-state index contributed by atoms with van der Waals surface area (Å²) in [5.41, 5.74) is 1.85. The highest BCUT2D eigenvalue weighted by molar-refractivity contribution is 6.31. The van der Waals surface area contributed by atoms with E-state index in [1.807, 2.05) is 13.0 Å². The molecule has 0 amide bonds. The summed E-state index contributed by atoms with van der Waals surface area (Å²) in [6.45, 7) is 5.29. The van der Waals surface area contributed by atoms with E-state index in [0.29, 0.717) is 5.02 Å². The number of imidazole rings is 1. The van der Waals surface area contributed by atoms with E-state index in [0.717, 1.165) is 42.5 Å². The van der Waals surface area contributed by atoms with Crippen molar-refractivity contribution in [3.05, 3.63) is 23.1 Å². The molecule has 0 aromatic carbocycles. The first-order valence-electron chi connectivity index (χ1n) is 6.43. The lowest BCUT2D eigenvalue weighted by Crippen LogP contribution is -2.30. The lowest BCUT2D eigenvalue weighted by atomic mass is 9.98. The molecule has 4 nitrogen and oxygen atoms in total. The zero-order valence-corrected chi connectivity index (χ0v) is 11.2. The van der Waals surface area contributed by atoms with E-state index < -0.39 is 0 Å². The molecule has 0 saturated carbocycles. The zero-order valence-electron chi connectivity index (χ0n) is 10.5. The van der Waals surface area contributed by atoms with Crippen LogP contribution < -0.4 is 5.32 Å². The Morgan fingerprint density at radius 2 is 2.22 bits per heavy atom. The monoisotopic (exact) mass is 264 g/mol. The molecule has 0 bridgehead atoms. The van der Waals surface area contributed by atoms with Crippen LogP contribution in [0.4, 0.5) is 0 Å². The number of piperidine rings is 1. The van der Waals surface area contributed by atoms with E-state index in [4.69, 9.17) is 11.6 Å². The van der Waals surface area contributed by atoms with Crippen molar-refractivity contribution in [2.45, 2.75) is 26.3 Å². The molecule has 1 aliphatic rings. The van der Waals surface area contributed by atoms with Crippen LogP contribution in [0.5, 0.6) is 0 Å². The van der Waals surface area contributed by atoms with Crippen LogP contribution in [0, 0.1) is 12.8 Å². The minimum absolute atomic E-state index is 0.647. The largest absolute Gasteiger partial charge is 0.317 e. The number of aromatic nitrogens is 3. The molecule has 96 valence electrons. The van der Waals surface area contributed by atoms with Crippen molar-refractivity contribution in [3.63, 3.8) is 0 Å². The maximum absolute atomic E-state index is 5.95. The highest BCUT2D eigenvalue weighted by Gasteiger charge is 2.17. The molecule has 0 unspecified atom stereocenters. The van der Waals surface area contributed by atoms with Crippen LogP contribution in [0.25, 0.3) is 11.2 Å². The smallest absolute Gasteiger partial charge is 0.160 e. The van der Waals surface area contributed by atoms with Crippen LogP contribution in [0.15, 0.2) is 12.3 Å². The number of nitrogens with one attached hydrogen (secondary N) is 1. The van der Waals surface area contributed by atoms with Gasteiger partial charge in [0.25, 0.3) is 0 Å². The number of hydrogen-bond donors (Lipinski definition) is 1.